The van der Waals surface area contributed by atoms with Crippen LogP contribution in [0.1, 0.15) is 6.92 Å². The lowest BCUT2D eigenvalue weighted by Gasteiger charge is -2.26. The third kappa shape index (κ3) is 3.36. The largest absolute Gasteiger partial charge is 0.336 e. The zero-order valence-electron chi connectivity index (χ0n) is 6.17. The van der Waals surface area contributed by atoms with Gasteiger partial charge in [0.05, 0.1) is 0 Å². The predicted octanol–water partition coefficient (Wildman–Crippen LogP) is 0.757. The van der Waals surface area contributed by atoms with E-state index in [0.29, 0.717) is 4.32 Å². The second-order valence-corrected chi connectivity index (χ2v) is 2.94. The van der Waals surface area contributed by atoms with Crippen LogP contribution in [0.25, 0.3) is 0 Å². The Morgan fingerprint density at radius 2 is 1.90 bits per heavy atom. The maximum Gasteiger partial charge on any atom is 0.246 e. The Balaban J connectivity index is 3.92. The summed E-state index contributed by atoms with van der Waals surface area (Å²) in [5.41, 5.74) is 0. The molecule has 0 amide bonds. The van der Waals surface area contributed by atoms with Crippen LogP contribution in [-0.2, 0) is 9.47 Å². The molecule has 0 aromatic heterocycles. The van der Waals surface area contributed by atoms with Crippen LogP contribution in [0, 0.1) is 0 Å². The highest BCUT2D eigenvalue weighted by atomic mass is 32.1. The monoisotopic (exact) mass is 181 g/mol. The first-order chi connectivity index (χ1) is 4.54. The van der Waals surface area contributed by atoms with Crippen LogP contribution in [0.15, 0.2) is 0 Å². The zero-order chi connectivity index (χ0) is 8.20. The van der Waals surface area contributed by atoms with E-state index >= 15 is 0 Å². The molecule has 0 aromatic carbocycles. The van der Waals surface area contributed by atoms with E-state index < -0.39 is 5.91 Å². The molecule has 0 saturated heterocycles. The van der Waals surface area contributed by atoms with Crippen molar-refractivity contribution in [3.05, 3.63) is 0 Å². The number of hydrogen-bond acceptors (Lipinski definition) is 3. The second kappa shape index (κ2) is 4.12. The van der Waals surface area contributed by atoms with Crippen molar-refractivity contribution in [3.8, 4) is 0 Å². The minimum Gasteiger partial charge on any atom is -0.336 e. The van der Waals surface area contributed by atoms with Crippen molar-refractivity contribution in [2.24, 2.45) is 0 Å². The summed E-state index contributed by atoms with van der Waals surface area (Å²) in [4.78, 5) is 0. The Bertz CT molecular complexity index is 125. The Hall–Kier alpha value is 0.160. The summed E-state index contributed by atoms with van der Waals surface area (Å²) in [7, 11) is 3.03. The van der Waals surface area contributed by atoms with Crippen molar-refractivity contribution in [1.29, 1.82) is 0 Å². The number of ether oxygens (including phenoxy) is 2. The van der Waals surface area contributed by atoms with Crippen molar-refractivity contribution >= 4 is 29.2 Å². The van der Waals surface area contributed by atoms with Gasteiger partial charge in [0.15, 0.2) is 0 Å². The molecular weight excluding hydrogens is 170 g/mol. The lowest BCUT2D eigenvalue weighted by molar-refractivity contribution is -0.202. The first kappa shape index (κ1) is 10.2. The molecule has 0 aromatic rings. The van der Waals surface area contributed by atoms with Gasteiger partial charge in [-0.1, -0.05) is 12.2 Å². The van der Waals surface area contributed by atoms with E-state index in [-0.39, 0.29) is 0 Å². The van der Waals surface area contributed by atoms with E-state index in [2.05, 4.69) is 30.2 Å². The molecule has 0 heterocycles. The molecule has 0 rings (SSSR count). The Morgan fingerprint density at radius 3 is 2.00 bits per heavy atom. The summed E-state index contributed by atoms with van der Waals surface area (Å²) in [6, 6.07) is 0. The molecule has 0 saturated carbocycles. The zero-order valence-corrected chi connectivity index (χ0v) is 7.88. The first-order valence-corrected chi connectivity index (χ1v) is 3.51. The molecule has 0 unspecified atom stereocenters. The Morgan fingerprint density at radius 1 is 1.50 bits per heavy atom. The standard InChI is InChI=1S/C5H11NO2S2/c1-5(7-2,8-3)6-4(9)10/h1-3H3,(H2,6,9,10). The SMILES string of the molecule is COC(C)(NC(=S)S)OC. The molecule has 3 nitrogen and oxygen atoms in total. The molecule has 0 fully saturated rings. The molecule has 5 heteroatoms. The van der Waals surface area contributed by atoms with E-state index in [1.165, 1.54) is 14.2 Å². The molecule has 0 spiro atoms. The third-order valence-electron chi connectivity index (χ3n) is 1.11. The molecule has 0 aliphatic heterocycles. The summed E-state index contributed by atoms with van der Waals surface area (Å²) in [6.45, 7) is 1.70. The lowest BCUT2D eigenvalue weighted by atomic mass is 10.5. The molecule has 0 bridgehead atoms. The van der Waals surface area contributed by atoms with Gasteiger partial charge < -0.3 is 14.8 Å². The molecule has 60 valence electrons. The van der Waals surface area contributed by atoms with Crippen LogP contribution in [0.3, 0.4) is 0 Å². The predicted molar refractivity (Wildman–Crippen MR) is 47.1 cm³/mol. The summed E-state index contributed by atoms with van der Waals surface area (Å²) < 4.78 is 10.2. The number of rotatable bonds is 3. The summed E-state index contributed by atoms with van der Waals surface area (Å²) >= 11 is 8.53. The topological polar surface area (TPSA) is 30.5 Å². The molecule has 0 atom stereocenters. The highest BCUT2D eigenvalue weighted by Crippen LogP contribution is 2.04. The van der Waals surface area contributed by atoms with Gasteiger partial charge in [-0.05, 0) is 0 Å². The molecule has 0 radical (unpaired) electrons. The number of nitrogens with one attached hydrogen (secondary N) is 1. The van der Waals surface area contributed by atoms with Gasteiger partial charge in [0.1, 0.15) is 4.32 Å². The van der Waals surface area contributed by atoms with Gasteiger partial charge in [0.25, 0.3) is 0 Å². The quantitative estimate of drug-likeness (QED) is 0.382. The number of thiocarbonyl (C=S) groups is 1. The van der Waals surface area contributed by atoms with Crippen LogP contribution in [-0.4, -0.2) is 24.5 Å². The second-order valence-electron chi connectivity index (χ2n) is 1.78. The van der Waals surface area contributed by atoms with E-state index in [1.54, 1.807) is 6.92 Å². The minimum atomic E-state index is -0.862. The first-order valence-electron chi connectivity index (χ1n) is 2.65. The van der Waals surface area contributed by atoms with E-state index in [0.717, 1.165) is 0 Å². The third-order valence-corrected chi connectivity index (χ3v) is 1.33. The van der Waals surface area contributed by atoms with Crippen molar-refractivity contribution in [2.75, 3.05) is 14.2 Å². The van der Waals surface area contributed by atoms with Gasteiger partial charge in [-0.3, -0.25) is 0 Å². The maximum absolute atomic E-state index is 4.93. The highest BCUT2D eigenvalue weighted by Gasteiger charge is 2.21. The smallest absolute Gasteiger partial charge is 0.246 e. The van der Waals surface area contributed by atoms with Gasteiger partial charge in [0.2, 0.25) is 5.91 Å². The van der Waals surface area contributed by atoms with Crippen molar-refractivity contribution in [3.63, 3.8) is 0 Å². The van der Waals surface area contributed by atoms with Gasteiger partial charge in [0, 0.05) is 21.1 Å². The average Bonchev–Trinajstić information content (AvgIpc) is 1.87. The molecule has 10 heavy (non-hydrogen) atoms. The minimum absolute atomic E-state index is 0.339. The van der Waals surface area contributed by atoms with E-state index in [9.17, 15) is 0 Å². The van der Waals surface area contributed by atoms with Gasteiger partial charge >= 0.3 is 0 Å². The fraction of sp³-hybridized carbons (Fsp3) is 0.800. The fourth-order valence-electron chi connectivity index (χ4n) is 0.380. The van der Waals surface area contributed by atoms with Gasteiger partial charge in [-0.15, -0.1) is 12.6 Å². The summed E-state index contributed by atoms with van der Waals surface area (Å²) in [5.74, 6) is -0.862. The molecule has 1 N–H and O–H groups in total. The van der Waals surface area contributed by atoms with Crippen LogP contribution in [0.5, 0.6) is 0 Å². The molecular formula is C5H11NO2S2. The normalized spacial score (nSPS) is 11.2. The highest BCUT2D eigenvalue weighted by molar-refractivity contribution is 8.11. The Labute approximate surface area is 71.5 Å². The van der Waals surface area contributed by atoms with Gasteiger partial charge in [-0.25, -0.2) is 0 Å². The van der Waals surface area contributed by atoms with Gasteiger partial charge in [-0.2, -0.15) is 0 Å². The number of methoxy groups -OCH3 is 2. The molecule has 0 aliphatic carbocycles. The number of hydrogen-bond donors (Lipinski definition) is 2. The number of thiol groups is 1. The Kier molecular flexibility index (Phi) is 4.19. The molecule has 0 aliphatic rings. The maximum atomic E-state index is 4.93. The summed E-state index contributed by atoms with van der Waals surface area (Å²) in [6.07, 6.45) is 0. The van der Waals surface area contributed by atoms with Crippen molar-refractivity contribution in [1.82, 2.24) is 5.32 Å². The fourth-order valence-corrected chi connectivity index (χ4v) is 0.768. The van der Waals surface area contributed by atoms with Crippen LogP contribution in [0.2, 0.25) is 0 Å². The average molecular weight is 181 g/mol. The summed E-state index contributed by atoms with van der Waals surface area (Å²) in [5, 5.41) is 2.71. The van der Waals surface area contributed by atoms with Crippen LogP contribution in [0.4, 0.5) is 0 Å². The van der Waals surface area contributed by atoms with Crippen molar-refractivity contribution in [2.45, 2.75) is 12.8 Å². The van der Waals surface area contributed by atoms with E-state index in [4.69, 9.17) is 9.47 Å². The van der Waals surface area contributed by atoms with Crippen molar-refractivity contribution < 1.29 is 9.47 Å². The van der Waals surface area contributed by atoms with E-state index in [1.807, 2.05) is 0 Å². The van der Waals surface area contributed by atoms with Crippen LogP contribution < -0.4 is 5.32 Å². The van der Waals surface area contributed by atoms with Crippen LogP contribution >= 0.6 is 24.8 Å². The lowest BCUT2D eigenvalue weighted by Crippen LogP contribution is -2.46.